The first-order valence-electron chi connectivity index (χ1n) is 3.73. The molecule has 0 spiro atoms. The minimum atomic E-state index is -4.67. The molecule has 0 fully saturated rings. The first-order chi connectivity index (χ1) is 6.46. The third-order valence-electron chi connectivity index (χ3n) is 1.61. The highest BCUT2D eigenvalue weighted by Gasteiger charge is 2.36. The Bertz CT molecular complexity index is 312. The fraction of sp³-hybridized carbons (Fsp3) is 0.375. The normalized spacial score (nSPS) is 14.1. The Balaban J connectivity index is 3.16. The van der Waals surface area contributed by atoms with Crippen molar-refractivity contribution in [3.63, 3.8) is 0 Å². The van der Waals surface area contributed by atoms with Crippen LogP contribution >= 0.6 is 0 Å². The Morgan fingerprint density at radius 3 is 2.57 bits per heavy atom. The van der Waals surface area contributed by atoms with Crippen molar-refractivity contribution in [3.8, 4) is 0 Å². The van der Waals surface area contributed by atoms with Gasteiger partial charge in [0.1, 0.15) is 18.5 Å². The summed E-state index contributed by atoms with van der Waals surface area (Å²) in [5, 5.41) is 8.96. The molecule has 1 atom stereocenters. The molecule has 0 aromatic carbocycles. The highest BCUT2D eigenvalue weighted by molar-refractivity contribution is 5.24. The van der Waals surface area contributed by atoms with Crippen LogP contribution in [0.2, 0.25) is 0 Å². The predicted octanol–water partition coefficient (Wildman–Crippen LogP) is 2.10. The molecule has 1 N–H and O–H groups in total. The summed E-state index contributed by atoms with van der Waals surface area (Å²) >= 11 is 0. The number of halogens is 4. The van der Waals surface area contributed by atoms with Gasteiger partial charge in [0.05, 0.1) is 0 Å². The van der Waals surface area contributed by atoms with Gasteiger partial charge in [0.15, 0.2) is 0 Å². The highest BCUT2D eigenvalue weighted by Crippen LogP contribution is 2.32. The van der Waals surface area contributed by atoms with Gasteiger partial charge >= 0.3 is 6.18 Å². The monoisotopic (exact) mass is 209 g/mol. The zero-order chi connectivity index (χ0) is 10.8. The molecule has 0 amide bonds. The first-order valence-corrected chi connectivity index (χ1v) is 3.73. The van der Waals surface area contributed by atoms with E-state index in [1.54, 1.807) is 0 Å². The molecule has 14 heavy (non-hydrogen) atoms. The van der Waals surface area contributed by atoms with Crippen LogP contribution in [0.1, 0.15) is 17.4 Å². The van der Waals surface area contributed by atoms with Gasteiger partial charge in [-0.3, -0.25) is 4.98 Å². The van der Waals surface area contributed by atoms with Crippen LogP contribution in [0.4, 0.5) is 17.6 Å². The van der Waals surface area contributed by atoms with Crippen molar-refractivity contribution in [2.75, 3.05) is 6.67 Å². The van der Waals surface area contributed by atoms with Gasteiger partial charge in [-0.2, -0.15) is 13.2 Å². The van der Waals surface area contributed by atoms with Gasteiger partial charge in [-0.05, 0) is 6.07 Å². The Labute approximate surface area is 77.2 Å². The van der Waals surface area contributed by atoms with Crippen LogP contribution in [0.5, 0.6) is 0 Å². The lowest BCUT2D eigenvalue weighted by Gasteiger charge is -2.13. The molecule has 1 aromatic heterocycles. The van der Waals surface area contributed by atoms with E-state index in [1.165, 1.54) is 6.07 Å². The highest BCUT2D eigenvalue weighted by atomic mass is 19.4. The topological polar surface area (TPSA) is 33.1 Å². The summed E-state index contributed by atoms with van der Waals surface area (Å²) in [6, 6.07) is 2.21. The quantitative estimate of drug-likeness (QED) is 0.756. The van der Waals surface area contributed by atoms with Crippen LogP contribution in [0.15, 0.2) is 18.3 Å². The number of hydrogen-bond donors (Lipinski definition) is 1. The fourth-order valence-electron chi connectivity index (χ4n) is 1.01. The minimum Gasteiger partial charge on any atom is -0.386 e. The smallest absolute Gasteiger partial charge is 0.386 e. The average Bonchev–Trinajstić information content (AvgIpc) is 2.15. The van der Waals surface area contributed by atoms with Gasteiger partial charge in [0.2, 0.25) is 0 Å². The molecule has 0 bridgehead atoms. The lowest BCUT2D eigenvalue weighted by molar-refractivity contribution is -0.142. The van der Waals surface area contributed by atoms with Crippen LogP contribution in [0.3, 0.4) is 0 Å². The summed E-state index contributed by atoms with van der Waals surface area (Å²) in [7, 11) is 0. The molecule has 1 unspecified atom stereocenters. The molecule has 2 nitrogen and oxygen atoms in total. The summed E-state index contributed by atoms with van der Waals surface area (Å²) in [6.45, 7) is -1.27. The molecule has 6 heteroatoms. The van der Waals surface area contributed by atoms with Crippen molar-refractivity contribution in [1.82, 2.24) is 4.98 Å². The third-order valence-corrected chi connectivity index (χ3v) is 1.61. The Hall–Kier alpha value is -1.17. The molecular formula is C8H7F4NO. The van der Waals surface area contributed by atoms with Crippen LogP contribution in [-0.4, -0.2) is 16.8 Å². The van der Waals surface area contributed by atoms with E-state index in [9.17, 15) is 17.6 Å². The SMILES string of the molecule is OC(CF)c1cccnc1C(F)(F)F. The molecule has 0 radical (unpaired) electrons. The number of aromatic nitrogens is 1. The molecule has 0 aliphatic heterocycles. The lowest BCUT2D eigenvalue weighted by atomic mass is 10.1. The summed E-state index contributed by atoms with van der Waals surface area (Å²) in [5.41, 5.74) is -1.78. The summed E-state index contributed by atoms with van der Waals surface area (Å²) in [4.78, 5) is 3.07. The number of hydrogen-bond acceptors (Lipinski definition) is 2. The molecule has 1 aromatic rings. The molecule has 0 saturated carbocycles. The van der Waals surface area contributed by atoms with Gasteiger partial charge in [-0.1, -0.05) is 6.07 Å². The van der Waals surface area contributed by atoms with E-state index in [4.69, 9.17) is 5.11 Å². The molecule has 0 saturated heterocycles. The van der Waals surface area contributed by atoms with Crippen molar-refractivity contribution in [2.24, 2.45) is 0 Å². The van der Waals surface area contributed by atoms with E-state index < -0.39 is 30.2 Å². The molecule has 0 aliphatic carbocycles. The molecule has 0 aliphatic rings. The van der Waals surface area contributed by atoms with Crippen molar-refractivity contribution in [1.29, 1.82) is 0 Å². The Morgan fingerprint density at radius 2 is 2.07 bits per heavy atom. The van der Waals surface area contributed by atoms with Gasteiger partial charge in [0.25, 0.3) is 0 Å². The second-order valence-electron chi connectivity index (χ2n) is 2.61. The van der Waals surface area contributed by atoms with E-state index in [0.717, 1.165) is 12.3 Å². The van der Waals surface area contributed by atoms with Crippen LogP contribution < -0.4 is 0 Å². The summed E-state index contributed by atoms with van der Waals surface area (Å²) < 4.78 is 48.7. The van der Waals surface area contributed by atoms with Gasteiger partial charge in [0, 0.05) is 11.8 Å². The summed E-state index contributed by atoms with van der Waals surface area (Å²) in [6.07, 6.45) is -5.51. The fourth-order valence-corrected chi connectivity index (χ4v) is 1.01. The standard InChI is InChI=1S/C8H7F4NO/c9-4-6(14)5-2-1-3-13-7(5)8(10,11)12/h1-3,6,14H,4H2. The third kappa shape index (κ3) is 2.20. The van der Waals surface area contributed by atoms with Gasteiger partial charge in [-0.15, -0.1) is 0 Å². The molecule has 1 heterocycles. The second-order valence-corrected chi connectivity index (χ2v) is 2.61. The predicted molar refractivity (Wildman–Crippen MR) is 40.2 cm³/mol. The van der Waals surface area contributed by atoms with Crippen LogP contribution in [0, 0.1) is 0 Å². The number of aliphatic hydroxyl groups is 1. The molecular weight excluding hydrogens is 202 g/mol. The van der Waals surface area contributed by atoms with Crippen LogP contribution in [0.25, 0.3) is 0 Å². The second kappa shape index (κ2) is 3.91. The number of pyridine rings is 1. The average molecular weight is 209 g/mol. The van der Waals surface area contributed by atoms with E-state index >= 15 is 0 Å². The number of alkyl halides is 4. The number of aliphatic hydroxyl groups excluding tert-OH is 1. The van der Waals surface area contributed by atoms with Crippen molar-refractivity contribution < 1.29 is 22.7 Å². The zero-order valence-corrected chi connectivity index (χ0v) is 6.92. The number of nitrogens with zero attached hydrogens (tertiary/aromatic N) is 1. The Kier molecular flexibility index (Phi) is 3.05. The van der Waals surface area contributed by atoms with Crippen molar-refractivity contribution >= 4 is 0 Å². The van der Waals surface area contributed by atoms with Crippen molar-refractivity contribution in [2.45, 2.75) is 12.3 Å². The summed E-state index contributed by atoms with van der Waals surface area (Å²) in [5.74, 6) is 0. The maximum atomic E-state index is 12.2. The van der Waals surface area contributed by atoms with E-state index in [0.29, 0.717) is 0 Å². The largest absolute Gasteiger partial charge is 0.433 e. The van der Waals surface area contributed by atoms with E-state index in [2.05, 4.69) is 4.98 Å². The van der Waals surface area contributed by atoms with Gasteiger partial charge < -0.3 is 5.11 Å². The Morgan fingerprint density at radius 1 is 1.43 bits per heavy atom. The van der Waals surface area contributed by atoms with Crippen LogP contribution in [-0.2, 0) is 6.18 Å². The minimum absolute atomic E-state index is 0.539. The van der Waals surface area contributed by atoms with Gasteiger partial charge in [-0.25, -0.2) is 4.39 Å². The zero-order valence-electron chi connectivity index (χ0n) is 6.92. The number of rotatable bonds is 2. The molecule has 78 valence electrons. The van der Waals surface area contributed by atoms with Crippen molar-refractivity contribution in [3.05, 3.63) is 29.6 Å². The maximum Gasteiger partial charge on any atom is 0.433 e. The lowest BCUT2D eigenvalue weighted by Crippen LogP contribution is -2.14. The van der Waals surface area contributed by atoms with E-state index in [1.807, 2.05) is 0 Å². The molecule has 1 rings (SSSR count). The first kappa shape index (κ1) is 10.9. The van der Waals surface area contributed by atoms with E-state index in [-0.39, 0.29) is 0 Å². The maximum absolute atomic E-state index is 12.2.